The van der Waals surface area contributed by atoms with Crippen molar-refractivity contribution in [2.45, 2.75) is 19.9 Å². The van der Waals surface area contributed by atoms with Crippen LogP contribution in [0.1, 0.15) is 24.2 Å². The van der Waals surface area contributed by atoms with Crippen molar-refractivity contribution in [2.75, 3.05) is 19.6 Å². The Kier molecular flexibility index (Phi) is 4.10. The van der Waals surface area contributed by atoms with E-state index >= 15 is 0 Å². The Hall–Kier alpha value is -2.70. The number of rotatable bonds is 3. The summed E-state index contributed by atoms with van der Waals surface area (Å²) in [4.78, 5) is 28.1. The van der Waals surface area contributed by atoms with Crippen LogP contribution in [0.3, 0.4) is 0 Å². The van der Waals surface area contributed by atoms with Crippen molar-refractivity contribution in [3.63, 3.8) is 0 Å². The largest absolute Gasteiger partial charge is 0.337 e. The minimum atomic E-state index is -0.119. The van der Waals surface area contributed by atoms with Gasteiger partial charge in [0, 0.05) is 24.7 Å². The number of hydrogen-bond donors (Lipinski definition) is 0. The lowest BCUT2D eigenvalue weighted by atomic mass is 10.1. The maximum atomic E-state index is 12.5. The van der Waals surface area contributed by atoms with Crippen LogP contribution in [0, 0.1) is 0 Å². The van der Waals surface area contributed by atoms with Crippen molar-refractivity contribution >= 4 is 11.8 Å². The van der Waals surface area contributed by atoms with Gasteiger partial charge in [0.25, 0.3) is 5.91 Å². The Labute approximate surface area is 134 Å². The first-order valence-corrected chi connectivity index (χ1v) is 7.62. The Balaban J connectivity index is 1.70. The molecule has 120 valence electrons. The topological polar surface area (TPSA) is 71.3 Å². The van der Waals surface area contributed by atoms with Crippen LogP contribution in [0.15, 0.2) is 36.7 Å². The van der Waals surface area contributed by atoms with Gasteiger partial charge in [-0.1, -0.05) is 5.21 Å². The third-order valence-electron chi connectivity index (χ3n) is 3.97. The molecule has 2 amide bonds. The SMILES string of the molecule is CC(C)N1CCN(C(=O)c2ccc(-n3ccnn3)cc2)CC1=O. The molecule has 7 heteroatoms. The summed E-state index contributed by atoms with van der Waals surface area (Å²) in [5.41, 5.74) is 1.40. The van der Waals surface area contributed by atoms with E-state index in [0.717, 1.165) is 5.69 Å². The third-order valence-corrected chi connectivity index (χ3v) is 3.97. The van der Waals surface area contributed by atoms with Crippen LogP contribution in [-0.4, -0.2) is 62.3 Å². The number of nitrogens with zero attached hydrogens (tertiary/aromatic N) is 5. The molecule has 7 nitrogen and oxygen atoms in total. The predicted octanol–water partition coefficient (Wildman–Crippen LogP) is 0.960. The summed E-state index contributed by atoms with van der Waals surface area (Å²) in [5.74, 6) is -0.120. The number of carbonyl (C=O) groups is 2. The first kappa shape index (κ1) is 15.2. The van der Waals surface area contributed by atoms with E-state index in [0.29, 0.717) is 18.7 Å². The first-order chi connectivity index (χ1) is 11.1. The quantitative estimate of drug-likeness (QED) is 0.846. The fourth-order valence-electron chi connectivity index (χ4n) is 2.69. The number of carbonyl (C=O) groups excluding carboxylic acids is 2. The second kappa shape index (κ2) is 6.20. The molecule has 1 saturated heterocycles. The molecule has 3 rings (SSSR count). The fourth-order valence-corrected chi connectivity index (χ4v) is 2.69. The molecule has 0 aliphatic carbocycles. The number of piperazine rings is 1. The van der Waals surface area contributed by atoms with E-state index in [9.17, 15) is 9.59 Å². The predicted molar refractivity (Wildman–Crippen MR) is 84.1 cm³/mol. The lowest BCUT2D eigenvalue weighted by Crippen LogP contribution is -2.54. The number of amides is 2. The molecule has 1 aromatic carbocycles. The monoisotopic (exact) mass is 313 g/mol. The van der Waals surface area contributed by atoms with Crippen LogP contribution in [0.5, 0.6) is 0 Å². The molecule has 0 unspecified atom stereocenters. The molecule has 0 atom stereocenters. The van der Waals surface area contributed by atoms with E-state index in [4.69, 9.17) is 0 Å². The Bertz CT molecular complexity index is 694. The highest BCUT2D eigenvalue weighted by atomic mass is 16.2. The van der Waals surface area contributed by atoms with Crippen molar-refractivity contribution in [2.24, 2.45) is 0 Å². The van der Waals surface area contributed by atoms with Gasteiger partial charge >= 0.3 is 0 Å². The lowest BCUT2D eigenvalue weighted by Gasteiger charge is -2.36. The number of hydrogen-bond acceptors (Lipinski definition) is 4. The molecule has 1 aromatic heterocycles. The van der Waals surface area contributed by atoms with Gasteiger partial charge in [0.15, 0.2) is 0 Å². The molecule has 0 bridgehead atoms. The van der Waals surface area contributed by atoms with Crippen molar-refractivity contribution in [3.05, 3.63) is 42.2 Å². The summed E-state index contributed by atoms with van der Waals surface area (Å²) in [6, 6.07) is 7.29. The smallest absolute Gasteiger partial charge is 0.254 e. The van der Waals surface area contributed by atoms with E-state index in [-0.39, 0.29) is 24.4 Å². The van der Waals surface area contributed by atoms with Gasteiger partial charge in [0.1, 0.15) is 6.54 Å². The first-order valence-electron chi connectivity index (χ1n) is 7.62. The van der Waals surface area contributed by atoms with Crippen LogP contribution in [-0.2, 0) is 4.79 Å². The average Bonchev–Trinajstić information content (AvgIpc) is 3.08. The standard InChI is InChI=1S/C16H19N5O2/c1-12(2)20-10-9-19(11-15(20)22)16(23)13-3-5-14(6-4-13)21-8-7-17-18-21/h3-8,12H,9-11H2,1-2H3. The van der Waals surface area contributed by atoms with E-state index in [1.807, 2.05) is 26.0 Å². The summed E-state index contributed by atoms with van der Waals surface area (Å²) >= 11 is 0. The Morgan fingerprint density at radius 2 is 1.91 bits per heavy atom. The van der Waals surface area contributed by atoms with Gasteiger partial charge in [0.05, 0.1) is 18.1 Å². The minimum Gasteiger partial charge on any atom is -0.337 e. The Morgan fingerprint density at radius 3 is 2.48 bits per heavy atom. The molecule has 0 N–H and O–H groups in total. The van der Waals surface area contributed by atoms with Crippen molar-refractivity contribution < 1.29 is 9.59 Å². The number of aromatic nitrogens is 3. The molecule has 0 saturated carbocycles. The highest BCUT2D eigenvalue weighted by Gasteiger charge is 2.28. The molecule has 2 heterocycles. The summed E-state index contributed by atoms with van der Waals surface area (Å²) in [7, 11) is 0. The van der Waals surface area contributed by atoms with Crippen LogP contribution in [0.25, 0.3) is 5.69 Å². The second-order valence-electron chi connectivity index (χ2n) is 5.80. The summed E-state index contributed by atoms with van der Waals surface area (Å²) in [5, 5.41) is 7.66. The molecule has 1 aliphatic heterocycles. The van der Waals surface area contributed by atoms with Crippen LogP contribution < -0.4 is 0 Å². The molecule has 1 aliphatic rings. The molecule has 1 fully saturated rings. The minimum absolute atomic E-state index is 0.00108. The summed E-state index contributed by atoms with van der Waals surface area (Å²) < 4.78 is 1.62. The zero-order valence-electron chi connectivity index (χ0n) is 13.2. The van der Waals surface area contributed by atoms with E-state index < -0.39 is 0 Å². The summed E-state index contributed by atoms with van der Waals surface area (Å²) in [6.07, 6.45) is 3.33. The van der Waals surface area contributed by atoms with Crippen molar-refractivity contribution in [3.8, 4) is 5.69 Å². The molecular formula is C16H19N5O2. The molecule has 0 spiro atoms. The van der Waals surface area contributed by atoms with Crippen molar-refractivity contribution in [1.29, 1.82) is 0 Å². The van der Waals surface area contributed by atoms with Gasteiger partial charge in [-0.15, -0.1) is 5.10 Å². The second-order valence-corrected chi connectivity index (χ2v) is 5.80. The lowest BCUT2D eigenvalue weighted by molar-refractivity contribution is -0.136. The maximum Gasteiger partial charge on any atom is 0.254 e. The highest BCUT2D eigenvalue weighted by Crippen LogP contribution is 2.14. The van der Waals surface area contributed by atoms with Crippen LogP contribution >= 0.6 is 0 Å². The molecule has 2 aromatic rings. The van der Waals surface area contributed by atoms with E-state index in [2.05, 4.69) is 10.3 Å². The maximum absolute atomic E-state index is 12.5. The van der Waals surface area contributed by atoms with Crippen LogP contribution in [0.4, 0.5) is 0 Å². The van der Waals surface area contributed by atoms with Gasteiger partial charge < -0.3 is 9.80 Å². The van der Waals surface area contributed by atoms with Gasteiger partial charge in [-0.05, 0) is 38.1 Å². The molecule has 0 radical (unpaired) electrons. The van der Waals surface area contributed by atoms with Gasteiger partial charge in [0.2, 0.25) is 5.91 Å². The van der Waals surface area contributed by atoms with E-state index in [1.54, 1.807) is 39.0 Å². The normalized spacial score (nSPS) is 15.3. The van der Waals surface area contributed by atoms with Gasteiger partial charge in [-0.25, -0.2) is 4.68 Å². The zero-order chi connectivity index (χ0) is 16.4. The third kappa shape index (κ3) is 3.08. The van der Waals surface area contributed by atoms with Gasteiger partial charge in [-0.3, -0.25) is 9.59 Å². The number of benzene rings is 1. The zero-order valence-corrected chi connectivity index (χ0v) is 13.2. The van der Waals surface area contributed by atoms with Gasteiger partial charge in [-0.2, -0.15) is 0 Å². The molecule has 23 heavy (non-hydrogen) atoms. The van der Waals surface area contributed by atoms with Crippen LogP contribution in [0.2, 0.25) is 0 Å². The van der Waals surface area contributed by atoms with Crippen molar-refractivity contribution in [1.82, 2.24) is 24.8 Å². The van der Waals surface area contributed by atoms with E-state index in [1.165, 1.54) is 0 Å². The molecular weight excluding hydrogens is 294 g/mol. The fraction of sp³-hybridized carbons (Fsp3) is 0.375. The average molecular weight is 313 g/mol. The Morgan fingerprint density at radius 1 is 1.17 bits per heavy atom. The highest BCUT2D eigenvalue weighted by molar-refractivity contribution is 5.97. The summed E-state index contributed by atoms with van der Waals surface area (Å²) in [6.45, 7) is 5.26.